The van der Waals surface area contributed by atoms with E-state index in [1.165, 1.54) is 11.3 Å². The van der Waals surface area contributed by atoms with Gasteiger partial charge in [0, 0.05) is 13.1 Å². The number of nitrogens with one attached hydrogen (secondary N) is 1. The molecule has 0 unspecified atom stereocenters. The minimum Gasteiger partial charge on any atom is -0.426 e. The van der Waals surface area contributed by atoms with Crippen LogP contribution in [-0.4, -0.2) is 26.0 Å². The summed E-state index contributed by atoms with van der Waals surface area (Å²) in [4.78, 5) is 0. The molecule has 19 heavy (non-hydrogen) atoms. The van der Waals surface area contributed by atoms with Crippen LogP contribution in [0.3, 0.4) is 0 Å². The van der Waals surface area contributed by atoms with Crippen molar-refractivity contribution in [3.8, 4) is 10.9 Å². The van der Waals surface area contributed by atoms with Gasteiger partial charge in [0.1, 0.15) is 10.7 Å². The molecular formula is C12H19N5OS. The Labute approximate surface area is 116 Å². The van der Waals surface area contributed by atoms with Crippen molar-refractivity contribution in [2.75, 3.05) is 0 Å². The van der Waals surface area contributed by atoms with Crippen LogP contribution in [0.2, 0.25) is 0 Å². The minimum absolute atomic E-state index is 0.427. The minimum atomic E-state index is 0.427. The van der Waals surface area contributed by atoms with Gasteiger partial charge in [-0.05, 0) is 13.8 Å². The summed E-state index contributed by atoms with van der Waals surface area (Å²) in [6, 6.07) is 0.427. The Morgan fingerprint density at radius 3 is 2.63 bits per heavy atom. The van der Waals surface area contributed by atoms with Gasteiger partial charge in [-0.3, -0.25) is 4.68 Å². The van der Waals surface area contributed by atoms with E-state index in [0.29, 0.717) is 17.8 Å². The van der Waals surface area contributed by atoms with Gasteiger partial charge in [-0.25, -0.2) is 0 Å². The molecule has 0 aliphatic carbocycles. The van der Waals surface area contributed by atoms with Crippen molar-refractivity contribution >= 4 is 11.3 Å². The maximum Gasteiger partial charge on any atom is 0.299 e. The van der Waals surface area contributed by atoms with Crippen molar-refractivity contribution in [1.29, 1.82) is 0 Å². The first kappa shape index (κ1) is 14.0. The van der Waals surface area contributed by atoms with Crippen molar-refractivity contribution < 1.29 is 4.74 Å². The molecule has 0 saturated carbocycles. The van der Waals surface area contributed by atoms with Gasteiger partial charge in [0.15, 0.2) is 5.75 Å². The van der Waals surface area contributed by atoms with Crippen LogP contribution >= 0.6 is 11.3 Å². The monoisotopic (exact) mass is 281 g/mol. The molecule has 7 heteroatoms. The fourth-order valence-electron chi connectivity index (χ4n) is 1.63. The highest BCUT2D eigenvalue weighted by atomic mass is 32.1. The van der Waals surface area contributed by atoms with E-state index in [1.54, 1.807) is 4.68 Å². The maximum atomic E-state index is 5.78. The van der Waals surface area contributed by atoms with Gasteiger partial charge >= 0.3 is 0 Å². The summed E-state index contributed by atoms with van der Waals surface area (Å²) in [7, 11) is 1.90. The average molecular weight is 281 g/mol. The molecular weight excluding hydrogens is 262 g/mol. The molecule has 0 saturated heterocycles. The van der Waals surface area contributed by atoms with Gasteiger partial charge in [-0.2, -0.15) is 5.10 Å². The summed E-state index contributed by atoms with van der Waals surface area (Å²) in [5, 5.41) is 17.2. The molecule has 2 aromatic rings. The number of aromatic nitrogens is 4. The van der Waals surface area contributed by atoms with Gasteiger partial charge in [0.25, 0.3) is 5.19 Å². The fourth-order valence-corrected chi connectivity index (χ4v) is 2.28. The third-order valence-electron chi connectivity index (χ3n) is 2.74. The molecule has 6 nitrogen and oxygen atoms in total. The molecule has 0 aliphatic heterocycles. The molecule has 104 valence electrons. The summed E-state index contributed by atoms with van der Waals surface area (Å²) in [5.41, 5.74) is 1.84. The van der Waals surface area contributed by atoms with Crippen LogP contribution in [0.15, 0.2) is 0 Å². The van der Waals surface area contributed by atoms with Gasteiger partial charge in [0.2, 0.25) is 0 Å². The van der Waals surface area contributed by atoms with Crippen LogP contribution in [0.4, 0.5) is 0 Å². The molecule has 1 N–H and O–H groups in total. The molecule has 0 fully saturated rings. The van der Waals surface area contributed by atoms with E-state index in [2.05, 4.69) is 34.5 Å². The highest BCUT2D eigenvalue weighted by Crippen LogP contribution is 2.29. The summed E-state index contributed by atoms with van der Waals surface area (Å²) >= 11 is 1.45. The van der Waals surface area contributed by atoms with E-state index in [1.807, 2.05) is 20.9 Å². The molecule has 0 spiro atoms. The second-order valence-corrected chi connectivity index (χ2v) is 5.75. The van der Waals surface area contributed by atoms with Crippen LogP contribution < -0.4 is 10.1 Å². The first-order valence-electron chi connectivity index (χ1n) is 6.21. The average Bonchev–Trinajstić information content (AvgIpc) is 2.88. The Morgan fingerprint density at radius 1 is 1.32 bits per heavy atom. The van der Waals surface area contributed by atoms with E-state index >= 15 is 0 Å². The van der Waals surface area contributed by atoms with Crippen LogP contribution in [0.1, 0.15) is 30.2 Å². The molecule has 0 amide bonds. The summed E-state index contributed by atoms with van der Waals surface area (Å²) < 4.78 is 7.58. The second kappa shape index (κ2) is 5.66. The molecule has 0 atom stereocenters. The Morgan fingerprint density at radius 2 is 2.05 bits per heavy atom. The second-order valence-electron chi connectivity index (χ2n) is 4.72. The quantitative estimate of drug-likeness (QED) is 0.910. The normalized spacial score (nSPS) is 11.3. The zero-order chi connectivity index (χ0) is 14.0. The number of hydrogen-bond acceptors (Lipinski definition) is 6. The summed E-state index contributed by atoms with van der Waals surface area (Å²) in [6.07, 6.45) is 0. The maximum absolute atomic E-state index is 5.78. The van der Waals surface area contributed by atoms with Gasteiger partial charge in [0.05, 0.1) is 12.2 Å². The van der Waals surface area contributed by atoms with Crippen molar-refractivity contribution in [3.63, 3.8) is 0 Å². The smallest absolute Gasteiger partial charge is 0.299 e. The number of ether oxygens (including phenoxy) is 1. The predicted octanol–water partition coefficient (Wildman–Crippen LogP) is 2.18. The third kappa shape index (κ3) is 3.30. The molecule has 0 radical (unpaired) electrons. The largest absolute Gasteiger partial charge is 0.426 e. The van der Waals surface area contributed by atoms with Crippen LogP contribution in [0.5, 0.6) is 10.9 Å². The number of hydrogen-bond donors (Lipinski definition) is 1. The lowest BCUT2D eigenvalue weighted by molar-refractivity contribution is 0.465. The number of rotatable bonds is 5. The molecule has 0 bridgehead atoms. The first-order chi connectivity index (χ1) is 8.97. The molecule has 0 aromatic carbocycles. The van der Waals surface area contributed by atoms with Crippen molar-refractivity contribution in [2.45, 2.75) is 40.3 Å². The lowest BCUT2D eigenvalue weighted by atomic mass is 10.3. The summed E-state index contributed by atoms with van der Waals surface area (Å²) in [5.74, 6) is 0.766. The van der Waals surface area contributed by atoms with E-state index in [9.17, 15) is 0 Å². The molecule has 0 aliphatic rings. The lowest BCUT2D eigenvalue weighted by Crippen LogP contribution is -2.21. The zero-order valence-corrected chi connectivity index (χ0v) is 12.7. The standard InChI is InChI=1S/C12H19N5OS/c1-7(2)13-6-10-14-15-12(19-10)18-11-8(3)16-17(5)9(11)4/h7,13H,6H2,1-5H3. The lowest BCUT2D eigenvalue weighted by Gasteiger charge is -2.03. The highest BCUT2D eigenvalue weighted by Gasteiger charge is 2.14. The Bertz CT molecular complexity index is 560. The van der Waals surface area contributed by atoms with Gasteiger partial charge in [-0.1, -0.05) is 30.3 Å². The van der Waals surface area contributed by atoms with Crippen molar-refractivity contribution in [3.05, 3.63) is 16.4 Å². The topological polar surface area (TPSA) is 64.9 Å². The van der Waals surface area contributed by atoms with E-state index in [-0.39, 0.29) is 0 Å². The number of nitrogens with zero attached hydrogens (tertiary/aromatic N) is 4. The molecule has 2 rings (SSSR count). The third-order valence-corrected chi connectivity index (χ3v) is 3.54. The Hall–Kier alpha value is -1.47. The highest BCUT2D eigenvalue weighted by molar-refractivity contribution is 7.13. The first-order valence-corrected chi connectivity index (χ1v) is 7.03. The fraction of sp³-hybridized carbons (Fsp3) is 0.583. The van der Waals surface area contributed by atoms with Gasteiger partial charge < -0.3 is 10.1 Å². The van der Waals surface area contributed by atoms with E-state index < -0.39 is 0 Å². The molecule has 2 aromatic heterocycles. The molecule has 2 heterocycles. The van der Waals surface area contributed by atoms with Crippen LogP contribution in [0, 0.1) is 13.8 Å². The predicted molar refractivity (Wildman–Crippen MR) is 74.6 cm³/mol. The number of aryl methyl sites for hydroxylation is 2. The Balaban J connectivity index is 2.07. The van der Waals surface area contributed by atoms with Crippen LogP contribution in [-0.2, 0) is 13.6 Å². The van der Waals surface area contributed by atoms with E-state index in [0.717, 1.165) is 22.1 Å². The Kier molecular flexibility index (Phi) is 4.16. The van der Waals surface area contributed by atoms with Crippen molar-refractivity contribution in [2.24, 2.45) is 7.05 Å². The van der Waals surface area contributed by atoms with Crippen LogP contribution in [0.25, 0.3) is 0 Å². The summed E-state index contributed by atoms with van der Waals surface area (Å²) in [6.45, 7) is 8.80. The zero-order valence-electron chi connectivity index (χ0n) is 11.9. The van der Waals surface area contributed by atoms with Gasteiger partial charge in [-0.15, -0.1) is 5.10 Å². The van der Waals surface area contributed by atoms with Crippen molar-refractivity contribution in [1.82, 2.24) is 25.3 Å². The van der Waals surface area contributed by atoms with E-state index in [4.69, 9.17) is 4.74 Å². The SMILES string of the molecule is Cc1nn(C)c(C)c1Oc1nnc(CNC(C)C)s1.